The van der Waals surface area contributed by atoms with Crippen molar-refractivity contribution in [3.63, 3.8) is 0 Å². The van der Waals surface area contributed by atoms with Gasteiger partial charge in [0.1, 0.15) is 0 Å². The Hall–Kier alpha value is -0.0500. The van der Waals surface area contributed by atoms with Crippen LogP contribution in [0.2, 0.25) is 5.02 Å². The van der Waals surface area contributed by atoms with Gasteiger partial charge in [0.25, 0.3) is 0 Å². The highest BCUT2D eigenvalue weighted by atomic mass is 79.9. The topological polar surface area (TPSA) is 12.0 Å². The highest BCUT2D eigenvalue weighted by Crippen LogP contribution is 2.31. The Morgan fingerprint density at radius 1 is 1.41 bits per heavy atom. The standard InChI is InChI=1S/C14H19BrClN/c1-2-17-13-6-3-10(8-13)7-11-4-5-12(15)9-14(11)16/h4-5,9-10,13,17H,2-3,6-8H2,1H3. The van der Waals surface area contributed by atoms with Crippen molar-refractivity contribution in [1.82, 2.24) is 5.32 Å². The van der Waals surface area contributed by atoms with E-state index in [1.54, 1.807) is 0 Å². The van der Waals surface area contributed by atoms with E-state index in [2.05, 4.69) is 40.3 Å². The maximum Gasteiger partial charge on any atom is 0.0449 e. The van der Waals surface area contributed by atoms with Crippen molar-refractivity contribution in [1.29, 1.82) is 0 Å². The average molecular weight is 317 g/mol. The lowest BCUT2D eigenvalue weighted by molar-refractivity contribution is 0.493. The van der Waals surface area contributed by atoms with Gasteiger partial charge in [-0.3, -0.25) is 0 Å². The van der Waals surface area contributed by atoms with E-state index >= 15 is 0 Å². The average Bonchev–Trinajstić information content (AvgIpc) is 2.71. The van der Waals surface area contributed by atoms with E-state index in [0.29, 0.717) is 0 Å². The number of rotatable bonds is 4. The zero-order chi connectivity index (χ0) is 12.3. The lowest BCUT2D eigenvalue weighted by Gasteiger charge is -2.13. The molecule has 1 saturated carbocycles. The van der Waals surface area contributed by atoms with Crippen molar-refractivity contribution in [2.24, 2.45) is 5.92 Å². The summed E-state index contributed by atoms with van der Waals surface area (Å²) in [7, 11) is 0. The van der Waals surface area contributed by atoms with Crippen molar-refractivity contribution < 1.29 is 0 Å². The molecule has 1 nitrogen and oxygen atoms in total. The minimum absolute atomic E-state index is 0.722. The number of hydrogen-bond acceptors (Lipinski definition) is 1. The van der Waals surface area contributed by atoms with Crippen LogP contribution in [0.5, 0.6) is 0 Å². The molecular formula is C14H19BrClN. The van der Waals surface area contributed by atoms with E-state index < -0.39 is 0 Å². The van der Waals surface area contributed by atoms with Crippen molar-refractivity contribution in [2.45, 2.75) is 38.6 Å². The predicted octanol–water partition coefficient (Wildman–Crippen LogP) is 4.42. The Morgan fingerprint density at radius 3 is 2.94 bits per heavy atom. The van der Waals surface area contributed by atoms with Crippen LogP contribution in [0, 0.1) is 5.92 Å². The van der Waals surface area contributed by atoms with Gasteiger partial charge in [0.05, 0.1) is 0 Å². The molecule has 1 N–H and O–H groups in total. The van der Waals surface area contributed by atoms with Crippen molar-refractivity contribution in [3.8, 4) is 0 Å². The Labute approximate surface area is 117 Å². The summed E-state index contributed by atoms with van der Waals surface area (Å²) in [5.41, 5.74) is 1.29. The van der Waals surface area contributed by atoms with Gasteiger partial charge in [0.2, 0.25) is 0 Å². The number of nitrogens with one attached hydrogen (secondary N) is 1. The molecule has 94 valence electrons. The van der Waals surface area contributed by atoms with E-state index in [9.17, 15) is 0 Å². The lowest BCUT2D eigenvalue weighted by Crippen LogP contribution is -2.25. The third-order valence-electron chi connectivity index (χ3n) is 3.56. The molecule has 0 bridgehead atoms. The van der Waals surface area contributed by atoms with E-state index in [1.165, 1.54) is 24.8 Å². The SMILES string of the molecule is CCNC1CCC(Cc2ccc(Br)cc2Cl)C1. The zero-order valence-electron chi connectivity index (χ0n) is 10.2. The van der Waals surface area contributed by atoms with Crippen LogP contribution >= 0.6 is 27.5 Å². The van der Waals surface area contributed by atoms with Gasteiger partial charge in [-0.25, -0.2) is 0 Å². The zero-order valence-corrected chi connectivity index (χ0v) is 12.5. The van der Waals surface area contributed by atoms with Crippen molar-refractivity contribution in [2.75, 3.05) is 6.54 Å². The van der Waals surface area contributed by atoms with Gasteiger partial charge < -0.3 is 5.32 Å². The molecule has 0 radical (unpaired) electrons. The molecule has 0 spiro atoms. The Morgan fingerprint density at radius 2 is 2.24 bits per heavy atom. The molecule has 1 fully saturated rings. The molecule has 1 aromatic rings. The maximum absolute atomic E-state index is 6.26. The minimum atomic E-state index is 0.722. The molecule has 17 heavy (non-hydrogen) atoms. The molecule has 1 aliphatic carbocycles. The molecule has 2 rings (SSSR count). The second-order valence-electron chi connectivity index (χ2n) is 4.87. The first-order valence-electron chi connectivity index (χ1n) is 6.36. The van der Waals surface area contributed by atoms with Gasteiger partial charge in [-0.2, -0.15) is 0 Å². The fourth-order valence-electron chi connectivity index (χ4n) is 2.73. The maximum atomic E-state index is 6.26. The molecule has 1 aromatic carbocycles. The van der Waals surface area contributed by atoms with Crippen LogP contribution < -0.4 is 5.32 Å². The van der Waals surface area contributed by atoms with E-state index in [1.807, 2.05) is 6.07 Å². The summed E-state index contributed by atoms with van der Waals surface area (Å²) in [6, 6.07) is 6.94. The molecular weight excluding hydrogens is 298 g/mol. The summed E-state index contributed by atoms with van der Waals surface area (Å²) < 4.78 is 1.06. The van der Waals surface area contributed by atoms with Crippen LogP contribution in [0.25, 0.3) is 0 Å². The van der Waals surface area contributed by atoms with E-state index in [-0.39, 0.29) is 0 Å². The molecule has 2 unspecified atom stereocenters. The quantitative estimate of drug-likeness (QED) is 0.867. The fourth-order valence-corrected chi connectivity index (χ4v) is 3.48. The first-order chi connectivity index (χ1) is 8.19. The van der Waals surface area contributed by atoms with Gasteiger partial charge in [-0.1, -0.05) is 40.5 Å². The Balaban J connectivity index is 1.93. The normalized spacial score (nSPS) is 24.2. The molecule has 0 amide bonds. The third-order valence-corrected chi connectivity index (χ3v) is 4.40. The van der Waals surface area contributed by atoms with Crippen LogP contribution in [-0.2, 0) is 6.42 Å². The lowest BCUT2D eigenvalue weighted by atomic mass is 9.98. The predicted molar refractivity (Wildman–Crippen MR) is 77.7 cm³/mol. The summed E-state index contributed by atoms with van der Waals surface area (Å²) in [5.74, 6) is 0.790. The monoisotopic (exact) mass is 315 g/mol. The summed E-state index contributed by atoms with van der Waals surface area (Å²) in [5, 5.41) is 4.44. The highest BCUT2D eigenvalue weighted by molar-refractivity contribution is 9.10. The number of hydrogen-bond donors (Lipinski definition) is 1. The summed E-state index contributed by atoms with van der Waals surface area (Å²) in [4.78, 5) is 0. The van der Waals surface area contributed by atoms with E-state index in [0.717, 1.165) is 34.4 Å². The summed E-state index contributed by atoms with van der Waals surface area (Å²) >= 11 is 9.70. The van der Waals surface area contributed by atoms with Gasteiger partial charge in [-0.05, 0) is 55.8 Å². The van der Waals surface area contributed by atoms with Gasteiger partial charge in [0.15, 0.2) is 0 Å². The summed E-state index contributed by atoms with van der Waals surface area (Å²) in [6.07, 6.45) is 5.05. The van der Waals surface area contributed by atoms with Crippen molar-refractivity contribution >= 4 is 27.5 Å². The Bertz CT molecular complexity index is 380. The molecule has 0 aromatic heterocycles. The van der Waals surface area contributed by atoms with Crippen LogP contribution in [0.4, 0.5) is 0 Å². The third kappa shape index (κ3) is 3.70. The van der Waals surface area contributed by atoms with Crippen molar-refractivity contribution in [3.05, 3.63) is 33.3 Å². The van der Waals surface area contributed by atoms with E-state index in [4.69, 9.17) is 11.6 Å². The second-order valence-corrected chi connectivity index (χ2v) is 6.20. The Kier molecular flexibility index (Phi) is 4.89. The molecule has 0 saturated heterocycles. The van der Waals surface area contributed by atoms with Gasteiger partial charge in [-0.15, -0.1) is 0 Å². The smallest absolute Gasteiger partial charge is 0.0449 e. The molecule has 0 heterocycles. The van der Waals surface area contributed by atoms with Crippen LogP contribution in [0.1, 0.15) is 31.7 Å². The largest absolute Gasteiger partial charge is 0.314 e. The molecule has 1 aliphatic rings. The number of benzene rings is 1. The molecule has 3 heteroatoms. The van der Waals surface area contributed by atoms with Gasteiger partial charge in [0, 0.05) is 15.5 Å². The summed E-state index contributed by atoms with van der Waals surface area (Å²) in [6.45, 7) is 3.26. The van der Waals surface area contributed by atoms with Crippen LogP contribution in [0.3, 0.4) is 0 Å². The van der Waals surface area contributed by atoms with Crippen LogP contribution in [0.15, 0.2) is 22.7 Å². The first kappa shape index (κ1) is 13.4. The van der Waals surface area contributed by atoms with Crippen LogP contribution in [-0.4, -0.2) is 12.6 Å². The second kappa shape index (κ2) is 6.21. The number of halogens is 2. The molecule has 2 atom stereocenters. The molecule has 0 aliphatic heterocycles. The van der Waals surface area contributed by atoms with Gasteiger partial charge >= 0.3 is 0 Å². The fraction of sp³-hybridized carbons (Fsp3) is 0.571. The first-order valence-corrected chi connectivity index (χ1v) is 7.53. The minimum Gasteiger partial charge on any atom is -0.314 e. The highest BCUT2D eigenvalue weighted by Gasteiger charge is 2.24.